The number of rotatable bonds is 10. The van der Waals surface area contributed by atoms with Gasteiger partial charge in [0, 0.05) is 29.4 Å². The lowest BCUT2D eigenvalue weighted by atomic mass is 9.73. The molecule has 4 nitrogen and oxygen atoms in total. The largest absolute Gasteiger partial charge is 0.462 e. The lowest BCUT2D eigenvalue weighted by molar-refractivity contribution is -0.139. The van der Waals surface area contributed by atoms with Crippen molar-refractivity contribution in [3.05, 3.63) is 95.1 Å². The zero-order chi connectivity index (χ0) is 23.0. The van der Waals surface area contributed by atoms with Crippen LogP contribution in [0.4, 0.5) is 0 Å². The number of hydrogen-bond donors (Lipinski definition) is 0. The van der Waals surface area contributed by atoms with E-state index in [2.05, 4.69) is 51.3 Å². The smallest absolute Gasteiger partial charge is 0.333 e. The summed E-state index contributed by atoms with van der Waals surface area (Å²) in [5, 5.41) is 0. The van der Waals surface area contributed by atoms with E-state index < -0.39 is 0 Å². The van der Waals surface area contributed by atoms with Crippen molar-refractivity contribution in [2.45, 2.75) is 46.0 Å². The van der Waals surface area contributed by atoms with E-state index in [1.165, 1.54) is 11.1 Å². The van der Waals surface area contributed by atoms with Crippen molar-refractivity contribution >= 4 is 11.9 Å². The number of ether oxygens (including phenoxy) is 2. The molecule has 0 N–H and O–H groups in total. The van der Waals surface area contributed by atoms with Crippen LogP contribution in [0.2, 0.25) is 0 Å². The molecule has 0 saturated carbocycles. The standard InChI is InChI=1S/C27H32O4/c1-19(2)25(28)30-17-15-21-11-7-9-13-23(21)27(5,6)24-14-10-8-12-22(24)16-18-31-26(29)20(3)4/h7-14H,1,3,15-18H2,2,4-6H3. The van der Waals surface area contributed by atoms with Crippen molar-refractivity contribution in [2.24, 2.45) is 0 Å². The number of carbonyl (C=O) groups excluding carboxylic acids is 2. The summed E-state index contributed by atoms with van der Waals surface area (Å²) in [6, 6.07) is 16.4. The van der Waals surface area contributed by atoms with Crippen LogP contribution in [-0.2, 0) is 37.3 Å². The van der Waals surface area contributed by atoms with Crippen LogP contribution in [0.15, 0.2) is 72.8 Å². The van der Waals surface area contributed by atoms with Gasteiger partial charge >= 0.3 is 11.9 Å². The van der Waals surface area contributed by atoms with E-state index in [1.807, 2.05) is 24.3 Å². The van der Waals surface area contributed by atoms with Crippen molar-refractivity contribution in [2.75, 3.05) is 13.2 Å². The molecule has 0 atom stereocenters. The second-order valence-electron chi connectivity index (χ2n) is 8.27. The summed E-state index contributed by atoms with van der Waals surface area (Å²) < 4.78 is 10.6. The molecule has 0 amide bonds. The van der Waals surface area contributed by atoms with Gasteiger partial charge in [-0.3, -0.25) is 0 Å². The van der Waals surface area contributed by atoms with Crippen LogP contribution in [0.25, 0.3) is 0 Å². The zero-order valence-electron chi connectivity index (χ0n) is 19.0. The van der Waals surface area contributed by atoms with E-state index in [9.17, 15) is 9.59 Å². The average molecular weight is 421 g/mol. The van der Waals surface area contributed by atoms with Crippen LogP contribution in [0.3, 0.4) is 0 Å². The molecule has 0 saturated heterocycles. The van der Waals surface area contributed by atoms with E-state index >= 15 is 0 Å². The monoisotopic (exact) mass is 420 g/mol. The van der Waals surface area contributed by atoms with Gasteiger partial charge in [0.25, 0.3) is 0 Å². The maximum atomic E-state index is 11.7. The highest BCUT2D eigenvalue weighted by Gasteiger charge is 2.27. The Hall–Kier alpha value is -3.14. The Morgan fingerprint density at radius 2 is 1.10 bits per heavy atom. The summed E-state index contributed by atoms with van der Waals surface area (Å²) in [6.07, 6.45) is 1.24. The molecule has 0 aliphatic rings. The Bertz CT molecular complexity index is 891. The van der Waals surface area contributed by atoms with Crippen LogP contribution in [0, 0.1) is 0 Å². The Morgan fingerprint density at radius 3 is 1.45 bits per heavy atom. The van der Waals surface area contributed by atoms with E-state index in [-0.39, 0.29) is 17.4 Å². The molecule has 31 heavy (non-hydrogen) atoms. The molecule has 0 fully saturated rings. The third-order valence-electron chi connectivity index (χ3n) is 5.29. The van der Waals surface area contributed by atoms with Gasteiger partial charge in [0.1, 0.15) is 0 Å². The van der Waals surface area contributed by atoms with Crippen LogP contribution in [0.5, 0.6) is 0 Å². The lowest BCUT2D eigenvalue weighted by Gasteiger charge is -2.31. The first-order valence-electron chi connectivity index (χ1n) is 10.5. The predicted octanol–water partition coefficient (Wildman–Crippen LogP) is 5.34. The Labute approximate surface area is 185 Å². The highest BCUT2D eigenvalue weighted by Crippen LogP contribution is 2.36. The third-order valence-corrected chi connectivity index (χ3v) is 5.29. The van der Waals surface area contributed by atoms with Crippen molar-refractivity contribution in [3.63, 3.8) is 0 Å². The van der Waals surface area contributed by atoms with Crippen LogP contribution < -0.4 is 0 Å². The number of carbonyl (C=O) groups is 2. The number of hydrogen-bond acceptors (Lipinski definition) is 4. The van der Waals surface area contributed by atoms with Crippen LogP contribution in [0.1, 0.15) is 49.9 Å². The fourth-order valence-electron chi connectivity index (χ4n) is 3.59. The molecule has 2 aromatic carbocycles. The normalized spacial score (nSPS) is 11.0. The topological polar surface area (TPSA) is 52.6 Å². The summed E-state index contributed by atoms with van der Waals surface area (Å²) >= 11 is 0. The maximum Gasteiger partial charge on any atom is 0.333 e. The highest BCUT2D eigenvalue weighted by atomic mass is 16.5. The van der Waals surface area contributed by atoms with Crippen molar-refractivity contribution in [3.8, 4) is 0 Å². The van der Waals surface area contributed by atoms with Crippen molar-refractivity contribution < 1.29 is 19.1 Å². The fourth-order valence-corrected chi connectivity index (χ4v) is 3.59. The van der Waals surface area contributed by atoms with E-state index in [0.717, 1.165) is 11.1 Å². The minimum atomic E-state index is -0.369. The number of esters is 2. The van der Waals surface area contributed by atoms with Crippen molar-refractivity contribution in [1.82, 2.24) is 0 Å². The minimum Gasteiger partial charge on any atom is -0.462 e. The highest BCUT2D eigenvalue weighted by molar-refractivity contribution is 5.87. The molecule has 0 spiro atoms. The molecule has 0 bridgehead atoms. The van der Waals surface area contributed by atoms with E-state index in [1.54, 1.807) is 13.8 Å². The van der Waals surface area contributed by atoms with Gasteiger partial charge < -0.3 is 9.47 Å². The van der Waals surface area contributed by atoms with Crippen LogP contribution >= 0.6 is 0 Å². The molecule has 0 heterocycles. The molecule has 2 aromatic rings. The second-order valence-corrected chi connectivity index (χ2v) is 8.27. The minimum absolute atomic E-state index is 0.288. The van der Waals surface area contributed by atoms with E-state index in [4.69, 9.17) is 9.47 Å². The average Bonchev–Trinajstić information content (AvgIpc) is 2.74. The van der Waals surface area contributed by atoms with Gasteiger partial charge in [-0.15, -0.1) is 0 Å². The summed E-state index contributed by atoms with van der Waals surface area (Å²) in [5.74, 6) is -0.738. The zero-order valence-corrected chi connectivity index (χ0v) is 19.0. The molecule has 0 unspecified atom stereocenters. The molecule has 0 aliphatic carbocycles. The van der Waals surface area contributed by atoms with Gasteiger partial charge in [0.05, 0.1) is 13.2 Å². The molecule has 4 heteroatoms. The lowest BCUT2D eigenvalue weighted by Crippen LogP contribution is -2.24. The van der Waals surface area contributed by atoms with E-state index in [0.29, 0.717) is 37.2 Å². The SMILES string of the molecule is C=C(C)C(=O)OCCc1ccccc1C(C)(C)c1ccccc1CCOC(=O)C(=C)C. The van der Waals surface area contributed by atoms with Crippen LogP contribution in [-0.4, -0.2) is 25.2 Å². The van der Waals surface area contributed by atoms with Gasteiger partial charge in [0.15, 0.2) is 0 Å². The molecule has 164 valence electrons. The second kappa shape index (κ2) is 10.8. The molecule has 0 radical (unpaired) electrons. The summed E-state index contributed by atoms with van der Waals surface area (Å²) in [4.78, 5) is 23.4. The summed E-state index contributed by atoms with van der Waals surface area (Å²) in [6.45, 7) is 15.5. The predicted molar refractivity (Wildman–Crippen MR) is 124 cm³/mol. The maximum absolute atomic E-state index is 11.7. The quantitative estimate of drug-likeness (QED) is 0.385. The van der Waals surface area contributed by atoms with Gasteiger partial charge in [0.2, 0.25) is 0 Å². The molecule has 0 aliphatic heterocycles. The first-order valence-corrected chi connectivity index (χ1v) is 10.5. The molecular weight excluding hydrogens is 388 g/mol. The molecular formula is C27H32O4. The summed E-state index contributed by atoms with van der Waals surface area (Å²) in [5.41, 5.74) is 5.12. The molecule has 0 aromatic heterocycles. The first kappa shape index (κ1) is 24.1. The van der Waals surface area contributed by atoms with Gasteiger partial charge in [-0.05, 0) is 36.1 Å². The number of benzene rings is 2. The van der Waals surface area contributed by atoms with Gasteiger partial charge in [-0.2, -0.15) is 0 Å². The fraction of sp³-hybridized carbons (Fsp3) is 0.333. The Morgan fingerprint density at radius 1 is 0.742 bits per heavy atom. The van der Waals surface area contributed by atoms with Crippen molar-refractivity contribution in [1.29, 1.82) is 0 Å². The van der Waals surface area contributed by atoms with Gasteiger partial charge in [-0.25, -0.2) is 9.59 Å². The molecule has 2 rings (SSSR count). The first-order chi connectivity index (χ1) is 14.6. The van der Waals surface area contributed by atoms with Gasteiger partial charge in [-0.1, -0.05) is 75.5 Å². The Balaban J connectivity index is 2.24. The summed E-state index contributed by atoms with van der Waals surface area (Å²) in [7, 11) is 0. The Kier molecular flexibility index (Phi) is 8.38. The third kappa shape index (κ3) is 6.42.